The number of carbonyl (C=O) groups is 1. The highest BCUT2D eigenvalue weighted by Gasteiger charge is 2.47. The first-order valence-electron chi connectivity index (χ1n) is 6.83. The SMILES string of the molecule is COC1OC(CBr)C(OC(=O)c2ccccc2)C(OC)C1O. The highest BCUT2D eigenvalue weighted by molar-refractivity contribution is 9.09. The second kappa shape index (κ2) is 8.03. The normalized spacial score (nSPS) is 31.7. The van der Waals surface area contributed by atoms with Crippen molar-refractivity contribution in [1.29, 1.82) is 0 Å². The van der Waals surface area contributed by atoms with Gasteiger partial charge in [0, 0.05) is 19.5 Å². The lowest BCUT2D eigenvalue weighted by Crippen LogP contribution is -2.60. The van der Waals surface area contributed by atoms with Gasteiger partial charge in [-0.2, -0.15) is 0 Å². The Morgan fingerprint density at radius 1 is 1.23 bits per heavy atom. The first kappa shape index (κ1) is 17.4. The first-order chi connectivity index (χ1) is 10.6. The van der Waals surface area contributed by atoms with Gasteiger partial charge in [0.05, 0.1) is 5.56 Å². The van der Waals surface area contributed by atoms with Crippen molar-refractivity contribution in [2.75, 3.05) is 19.5 Å². The maximum atomic E-state index is 12.2. The molecule has 0 spiro atoms. The average Bonchev–Trinajstić information content (AvgIpc) is 2.56. The topological polar surface area (TPSA) is 74.2 Å². The minimum Gasteiger partial charge on any atom is -0.453 e. The molecule has 1 saturated heterocycles. The molecular weight excluding hydrogens is 356 g/mol. The van der Waals surface area contributed by atoms with Crippen molar-refractivity contribution in [3.8, 4) is 0 Å². The predicted octanol–water partition coefficient (Wildman–Crippen LogP) is 1.35. The molecule has 1 aromatic carbocycles. The zero-order valence-electron chi connectivity index (χ0n) is 12.3. The number of methoxy groups -OCH3 is 2. The molecule has 5 unspecified atom stereocenters. The van der Waals surface area contributed by atoms with E-state index in [1.807, 2.05) is 6.07 Å². The fourth-order valence-corrected chi connectivity index (χ4v) is 2.91. The quantitative estimate of drug-likeness (QED) is 0.619. The number of hydrogen-bond acceptors (Lipinski definition) is 6. The summed E-state index contributed by atoms with van der Waals surface area (Å²) in [7, 11) is 2.88. The van der Waals surface area contributed by atoms with Gasteiger partial charge >= 0.3 is 5.97 Å². The highest BCUT2D eigenvalue weighted by Crippen LogP contribution is 2.27. The van der Waals surface area contributed by atoms with E-state index in [0.717, 1.165) is 0 Å². The molecule has 1 heterocycles. The second-order valence-electron chi connectivity index (χ2n) is 4.86. The molecule has 0 radical (unpaired) electrons. The predicted molar refractivity (Wildman–Crippen MR) is 81.9 cm³/mol. The molecule has 0 aromatic heterocycles. The van der Waals surface area contributed by atoms with Gasteiger partial charge in [-0.3, -0.25) is 0 Å². The second-order valence-corrected chi connectivity index (χ2v) is 5.51. The van der Waals surface area contributed by atoms with Gasteiger partial charge < -0.3 is 24.1 Å². The molecule has 7 heteroatoms. The standard InChI is InChI=1S/C15H19BrO6/c1-19-13-11(17)15(20-2)21-10(8-16)12(13)22-14(18)9-6-4-3-5-7-9/h3-7,10-13,15,17H,8H2,1-2H3. The molecule has 1 aliphatic heterocycles. The molecule has 6 nitrogen and oxygen atoms in total. The number of esters is 1. The molecule has 2 rings (SSSR count). The number of carbonyl (C=O) groups excluding carboxylic acids is 1. The van der Waals surface area contributed by atoms with Gasteiger partial charge in [-0.25, -0.2) is 4.79 Å². The van der Waals surface area contributed by atoms with Gasteiger partial charge in [-0.05, 0) is 12.1 Å². The molecule has 0 amide bonds. The molecule has 1 N–H and O–H groups in total. The lowest BCUT2D eigenvalue weighted by Gasteiger charge is -2.42. The third-order valence-corrected chi connectivity index (χ3v) is 4.16. The Kier molecular flexibility index (Phi) is 6.34. The lowest BCUT2D eigenvalue weighted by atomic mass is 9.99. The van der Waals surface area contributed by atoms with Crippen LogP contribution in [0.2, 0.25) is 0 Å². The van der Waals surface area contributed by atoms with E-state index in [0.29, 0.717) is 10.9 Å². The number of rotatable bonds is 5. The molecule has 0 saturated carbocycles. The van der Waals surface area contributed by atoms with Crippen LogP contribution in [0.15, 0.2) is 30.3 Å². The van der Waals surface area contributed by atoms with Gasteiger partial charge in [-0.1, -0.05) is 34.1 Å². The molecule has 0 aliphatic carbocycles. The van der Waals surface area contributed by atoms with E-state index < -0.39 is 36.7 Å². The van der Waals surface area contributed by atoms with E-state index in [9.17, 15) is 9.90 Å². The van der Waals surface area contributed by atoms with Crippen LogP contribution < -0.4 is 0 Å². The summed E-state index contributed by atoms with van der Waals surface area (Å²) in [5.41, 5.74) is 0.425. The number of hydrogen-bond donors (Lipinski definition) is 1. The molecule has 1 aliphatic rings. The monoisotopic (exact) mass is 374 g/mol. The smallest absolute Gasteiger partial charge is 0.338 e. The summed E-state index contributed by atoms with van der Waals surface area (Å²) in [5, 5.41) is 10.6. The van der Waals surface area contributed by atoms with Gasteiger partial charge in [0.1, 0.15) is 18.3 Å². The number of alkyl halides is 1. The van der Waals surface area contributed by atoms with Crippen LogP contribution >= 0.6 is 15.9 Å². The highest BCUT2D eigenvalue weighted by atomic mass is 79.9. The Labute approximate surface area is 137 Å². The van der Waals surface area contributed by atoms with Crippen molar-refractivity contribution in [3.05, 3.63) is 35.9 Å². The summed E-state index contributed by atoms with van der Waals surface area (Å²) in [4.78, 5) is 12.2. The Morgan fingerprint density at radius 3 is 2.45 bits per heavy atom. The number of halogens is 1. The van der Waals surface area contributed by atoms with E-state index in [4.69, 9.17) is 18.9 Å². The van der Waals surface area contributed by atoms with Crippen molar-refractivity contribution in [3.63, 3.8) is 0 Å². The molecule has 0 bridgehead atoms. The van der Waals surface area contributed by atoms with Gasteiger partial charge in [-0.15, -0.1) is 0 Å². The number of aliphatic hydroxyl groups excluding tert-OH is 1. The van der Waals surface area contributed by atoms with Crippen molar-refractivity contribution < 1.29 is 28.8 Å². The Hall–Kier alpha value is -0.990. The summed E-state index contributed by atoms with van der Waals surface area (Å²) >= 11 is 3.32. The largest absolute Gasteiger partial charge is 0.453 e. The van der Waals surface area contributed by atoms with E-state index >= 15 is 0 Å². The molecule has 5 atom stereocenters. The fraction of sp³-hybridized carbons (Fsp3) is 0.533. The van der Waals surface area contributed by atoms with Crippen molar-refractivity contribution in [2.24, 2.45) is 0 Å². The molecular formula is C15H19BrO6. The average molecular weight is 375 g/mol. The number of aliphatic hydroxyl groups is 1. The minimum atomic E-state index is -1.06. The molecule has 122 valence electrons. The van der Waals surface area contributed by atoms with Gasteiger partial charge in [0.15, 0.2) is 12.4 Å². The van der Waals surface area contributed by atoms with Crippen molar-refractivity contribution in [2.45, 2.75) is 30.7 Å². The Morgan fingerprint density at radius 2 is 1.91 bits per heavy atom. The summed E-state index contributed by atoms with van der Waals surface area (Å²) in [6.07, 6.45) is -3.88. The van der Waals surface area contributed by atoms with Gasteiger partial charge in [0.2, 0.25) is 0 Å². The van der Waals surface area contributed by atoms with Crippen LogP contribution in [0.1, 0.15) is 10.4 Å². The zero-order valence-corrected chi connectivity index (χ0v) is 13.9. The minimum absolute atomic E-state index is 0.409. The third kappa shape index (κ3) is 3.67. The van der Waals surface area contributed by atoms with E-state index in [-0.39, 0.29) is 0 Å². The summed E-state index contributed by atoms with van der Waals surface area (Å²) in [5.74, 6) is -0.495. The van der Waals surface area contributed by atoms with Crippen molar-refractivity contribution in [1.82, 2.24) is 0 Å². The molecule has 1 fully saturated rings. The summed E-state index contributed by atoms with van der Waals surface area (Å²) < 4.78 is 21.5. The van der Waals surface area contributed by atoms with Crippen LogP contribution in [0.25, 0.3) is 0 Å². The third-order valence-electron chi connectivity index (χ3n) is 3.52. The fourth-order valence-electron chi connectivity index (χ4n) is 2.39. The zero-order chi connectivity index (χ0) is 16.1. The van der Waals surface area contributed by atoms with Crippen LogP contribution in [0.3, 0.4) is 0 Å². The summed E-state index contributed by atoms with van der Waals surface area (Å²) in [6.45, 7) is 0. The Balaban J connectivity index is 2.17. The van der Waals surface area contributed by atoms with Crippen LogP contribution in [0, 0.1) is 0 Å². The van der Waals surface area contributed by atoms with Gasteiger partial charge in [0.25, 0.3) is 0 Å². The maximum Gasteiger partial charge on any atom is 0.338 e. The first-order valence-corrected chi connectivity index (χ1v) is 7.95. The summed E-state index contributed by atoms with van der Waals surface area (Å²) in [6, 6.07) is 8.63. The lowest BCUT2D eigenvalue weighted by molar-refractivity contribution is -0.288. The number of ether oxygens (including phenoxy) is 4. The van der Waals surface area contributed by atoms with E-state index in [1.165, 1.54) is 14.2 Å². The number of benzene rings is 1. The molecule has 1 aromatic rings. The van der Waals surface area contributed by atoms with Crippen LogP contribution in [0.5, 0.6) is 0 Å². The van der Waals surface area contributed by atoms with Crippen molar-refractivity contribution >= 4 is 21.9 Å². The maximum absolute atomic E-state index is 12.2. The van der Waals surface area contributed by atoms with Crippen LogP contribution in [0.4, 0.5) is 0 Å². The van der Waals surface area contributed by atoms with Crippen LogP contribution in [-0.4, -0.2) is 61.3 Å². The Bertz CT molecular complexity index is 482. The van der Waals surface area contributed by atoms with E-state index in [2.05, 4.69) is 15.9 Å². The molecule has 22 heavy (non-hydrogen) atoms. The van der Waals surface area contributed by atoms with E-state index in [1.54, 1.807) is 24.3 Å². The van der Waals surface area contributed by atoms with Crippen LogP contribution in [-0.2, 0) is 18.9 Å².